The molecule has 0 aliphatic carbocycles. The number of aromatic nitrogens is 1. The maximum absolute atomic E-state index is 10.3. The highest BCUT2D eigenvalue weighted by Crippen LogP contribution is 2.30. The molecule has 0 atom stereocenters. The predicted octanol–water partition coefficient (Wildman–Crippen LogP) is 3.94. The largest absolute Gasteiger partial charge is 0.438 e. The molecule has 4 aromatic rings. The average molecular weight is 346 g/mol. The summed E-state index contributed by atoms with van der Waals surface area (Å²) < 4.78 is 11.9. The molecule has 0 amide bonds. The van der Waals surface area contributed by atoms with E-state index in [2.05, 4.69) is 11.1 Å². The normalized spacial score (nSPS) is 13.0. The minimum atomic E-state index is -0.979. The highest BCUT2D eigenvalue weighted by Gasteiger charge is 2.36. The second kappa shape index (κ2) is 5.83. The van der Waals surface area contributed by atoms with E-state index in [9.17, 15) is 5.11 Å². The fraction of sp³-hybridized carbons (Fsp3) is 0.286. The maximum Gasteiger partial charge on any atom is 0.331 e. The van der Waals surface area contributed by atoms with Crippen LogP contribution >= 0.6 is 0 Å². The lowest BCUT2D eigenvalue weighted by atomic mass is 9.80. The first-order valence-electron chi connectivity index (χ1n) is 8.71. The van der Waals surface area contributed by atoms with Crippen molar-refractivity contribution >= 4 is 45.9 Å². The molecule has 2 aromatic carbocycles. The van der Waals surface area contributed by atoms with E-state index in [1.807, 2.05) is 56.3 Å². The van der Waals surface area contributed by atoms with Crippen molar-refractivity contribution in [2.75, 3.05) is 0 Å². The minimum absolute atomic E-state index is 0.612. The highest BCUT2D eigenvalue weighted by molar-refractivity contribution is 6.52. The molecule has 0 saturated carbocycles. The van der Waals surface area contributed by atoms with Crippen LogP contribution in [0.1, 0.15) is 27.7 Å². The molecular weight excluding hydrogens is 325 g/mol. The van der Waals surface area contributed by atoms with Gasteiger partial charge in [0.2, 0.25) is 5.71 Å². The lowest BCUT2D eigenvalue weighted by molar-refractivity contribution is -0.0893. The van der Waals surface area contributed by atoms with Crippen LogP contribution < -0.4 is 5.46 Å². The highest BCUT2D eigenvalue weighted by atomic mass is 16.5. The first kappa shape index (κ1) is 17.1. The van der Waals surface area contributed by atoms with Gasteiger partial charge in [-0.1, -0.05) is 30.3 Å². The molecule has 4 nitrogen and oxygen atoms in total. The number of rotatable bonds is 4. The number of para-hydroxylation sites is 1. The molecular formula is C21H21BNO3. The standard InChI is InChI=1S/C21H21BNO3/c1-20(2,24)21(3,4)26-22-15-9-7-11-17-18(15)14-12-13-8-5-6-10-16(13)23-19(14)25-17/h5-12,24H,1-4H3. The van der Waals surface area contributed by atoms with Crippen LogP contribution in [0.4, 0.5) is 0 Å². The Morgan fingerprint density at radius 2 is 1.81 bits per heavy atom. The smallest absolute Gasteiger partial charge is 0.331 e. The number of hydrogen-bond donors (Lipinski definition) is 1. The van der Waals surface area contributed by atoms with Crippen molar-refractivity contribution in [1.29, 1.82) is 0 Å². The summed E-state index contributed by atoms with van der Waals surface area (Å²) >= 11 is 0. The molecule has 0 bridgehead atoms. The molecule has 0 unspecified atom stereocenters. The van der Waals surface area contributed by atoms with E-state index in [1.165, 1.54) is 0 Å². The summed E-state index contributed by atoms with van der Waals surface area (Å²) in [6.45, 7) is 7.22. The van der Waals surface area contributed by atoms with Crippen molar-refractivity contribution in [1.82, 2.24) is 4.98 Å². The van der Waals surface area contributed by atoms with Gasteiger partial charge in [-0.25, -0.2) is 4.98 Å². The lowest BCUT2D eigenvalue weighted by Gasteiger charge is -2.37. The minimum Gasteiger partial charge on any atom is -0.438 e. The number of benzene rings is 2. The Balaban J connectivity index is 1.84. The second-order valence-electron chi connectivity index (χ2n) is 7.66. The molecule has 0 fully saturated rings. The molecule has 5 heteroatoms. The van der Waals surface area contributed by atoms with Gasteiger partial charge in [-0.3, -0.25) is 0 Å². The Labute approximate surface area is 153 Å². The summed E-state index contributed by atoms with van der Waals surface area (Å²) in [6.07, 6.45) is 0. The van der Waals surface area contributed by atoms with E-state index in [0.717, 1.165) is 32.7 Å². The van der Waals surface area contributed by atoms with Crippen molar-refractivity contribution < 1.29 is 14.2 Å². The van der Waals surface area contributed by atoms with Gasteiger partial charge in [-0.2, -0.15) is 0 Å². The van der Waals surface area contributed by atoms with E-state index in [4.69, 9.17) is 9.07 Å². The third kappa shape index (κ3) is 2.77. The molecule has 0 aliphatic heterocycles. The molecule has 131 valence electrons. The van der Waals surface area contributed by atoms with E-state index >= 15 is 0 Å². The molecule has 0 aliphatic rings. The number of furan rings is 1. The van der Waals surface area contributed by atoms with Crippen molar-refractivity contribution in [2.45, 2.75) is 38.9 Å². The van der Waals surface area contributed by atoms with Gasteiger partial charge in [0.05, 0.1) is 16.7 Å². The van der Waals surface area contributed by atoms with E-state index < -0.39 is 11.2 Å². The molecule has 0 spiro atoms. The van der Waals surface area contributed by atoms with E-state index in [0.29, 0.717) is 5.71 Å². The molecule has 1 N–H and O–H groups in total. The van der Waals surface area contributed by atoms with Crippen LogP contribution in [-0.2, 0) is 4.65 Å². The maximum atomic E-state index is 10.3. The van der Waals surface area contributed by atoms with Crippen LogP contribution in [0.5, 0.6) is 0 Å². The van der Waals surface area contributed by atoms with Gasteiger partial charge in [0, 0.05) is 16.2 Å². The monoisotopic (exact) mass is 346 g/mol. The summed E-state index contributed by atoms with van der Waals surface area (Å²) in [6, 6.07) is 15.9. The number of fused-ring (bicyclic) bond motifs is 4. The summed E-state index contributed by atoms with van der Waals surface area (Å²) in [7, 11) is 1.70. The zero-order chi connectivity index (χ0) is 18.5. The van der Waals surface area contributed by atoms with Crippen LogP contribution in [0.2, 0.25) is 0 Å². The summed E-state index contributed by atoms with van der Waals surface area (Å²) in [5, 5.41) is 13.3. The molecule has 2 heterocycles. The second-order valence-corrected chi connectivity index (χ2v) is 7.66. The average Bonchev–Trinajstić information content (AvgIpc) is 2.95. The van der Waals surface area contributed by atoms with Crippen molar-refractivity contribution in [3.63, 3.8) is 0 Å². The molecule has 26 heavy (non-hydrogen) atoms. The summed E-state index contributed by atoms with van der Waals surface area (Å²) in [5.41, 5.74) is 1.47. The Bertz CT molecular complexity index is 1110. The molecule has 1 radical (unpaired) electrons. The number of nitrogens with zero attached hydrogens (tertiary/aromatic N) is 1. The quantitative estimate of drug-likeness (QED) is 0.569. The van der Waals surface area contributed by atoms with Crippen LogP contribution in [0.3, 0.4) is 0 Å². The van der Waals surface area contributed by atoms with Crippen molar-refractivity contribution in [2.24, 2.45) is 0 Å². The SMILES string of the molecule is CC(C)(O)C(C)(C)O[B]c1cccc2oc3nc4ccccc4cc3c12. The van der Waals surface area contributed by atoms with Gasteiger partial charge in [-0.15, -0.1) is 0 Å². The van der Waals surface area contributed by atoms with Crippen LogP contribution in [0.25, 0.3) is 33.0 Å². The summed E-state index contributed by atoms with van der Waals surface area (Å²) in [4.78, 5) is 4.64. The van der Waals surface area contributed by atoms with Gasteiger partial charge >= 0.3 is 7.48 Å². The van der Waals surface area contributed by atoms with Gasteiger partial charge in [-0.05, 0) is 51.4 Å². The first-order chi connectivity index (χ1) is 12.3. The van der Waals surface area contributed by atoms with Gasteiger partial charge in [0.25, 0.3) is 0 Å². The fourth-order valence-corrected chi connectivity index (χ4v) is 2.83. The van der Waals surface area contributed by atoms with Gasteiger partial charge < -0.3 is 14.2 Å². The Morgan fingerprint density at radius 1 is 1.04 bits per heavy atom. The number of hydrogen-bond acceptors (Lipinski definition) is 4. The topological polar surface area (TPSA) is 55.5 Å². The molecule has 2 aromatic heterocycles. The number of pyridine rings is 1. The molecule has 0 saturated heterocycles. The molecule has 4 rings (SSSR count). The third-order valence-corrected chi connectivity index (χ3v) is 5.18. The third-order valence-electron chi connectivity index (χ3n) is 5.18. The van der Waals surface area contributed by atoms with Crippen molar-refractivity contribution in [3.8, 4) is 0 Å². The Hall–Kier alpha value is -2.37. The van der Waals surface area contributed by atoms with Gasteiger partial charge in [0.15, 0.2) is 0 Å². The van der Waals surface area contributed by atoms with Crippen molar-refractivity contribution in [3.05, 3.63) is 48.5 Å². The zero-order valence-electron chi connectivity index (χ0n) is 15.4. The lowest BCUT2D eigenvalue weighted by Crippen LogP contribution is -2.49. The van der Waals surface area contributed by atoms with Gasteiger partial charge in [0.1, 0.15) is 5.58 Å². The zero-order valence-corrected chi connectivity index (χ0v) is 15.4. The Morgan fingerprint density at radius 3 is 2.58 bits per heavy atom. The predicted molar refractivity (Wildman–Crippen MR) is 106 cm³/mol. The number of aliphatic hydroxyl groups is 1. The Kier molecular flexibility index (Phi) is 3.83. The van der Waals surface area contributed by atoms with Crippen LogP contribution in [0, 0.1) is 0 Å². The van der Waals surface area contributed by atoms with Crippen LogP contribution in [-0.4, -0.2) is 28.8 Å². The fourth-order valence-electron chi connectivity index (χ4n) is 2.83. The van der Waals surface area contributed by atoms with E-state index in [-0.39, 0.29) is 0 Å². The van der Waals surface area contributed by atoms with E-state index in [1.54, 1.807) is 21.3 Å². The summed E-state index contributed by atoms with van der Waals surface area (Å²) in [5.74, 6) is 0. The van der Waals surface area contributed by atoms with Crippen LogP contribution in [0.15, 0.2) is 52.9 Å². The first-order valence-corrected chi connectivity index (χ1v) is 8.71.